The highest BCUT2D eigenvalue weighted by molar-refractivity contribution is 7.99. The van der Waals surface area contributed by atoms with Gasteiger partial charge in [-0.15, -0.1) is 0 Å². The molecule has 10 nitrogen and oxygen atoms in total. The van der Waals surface area contributed by atoms with E-state index >= 15 is 0 Å². The molecule has 1 aromatic heterocycles. The molecule has 3 atom stereocenters. The third kappa shape index (κ3) is 10.6. The van der Waals surface area contributed by atoms with Crippen LogP contribution < -0.4 is 16.4 Å². The number of hydrogen-bond acceptors (Lipinski definition) is 9. The molecule has 246 valence electrons. The molecule has 47 heavy (non-hydrogen) atoms. The van der Waals surface area contributed by atoms with Crippen LogP contribution >= 0.6 is 11.8 Å². The van der Waals surface area contributed by atoms with Crippen molar-refractivity contribution in [2.24, 2.45) is 0 Å². The Morgan fingerprint density at radius 3 is 2.28 bits per heavy atom. The lowest BCUT2D eigenvalue weighted by Gasteiger charge is -2.36. The summed E-state index contributed by atoms with van der Waals surface area (Å²) in [4.78, 5) is 33.6. The largest absolute Gasteiger partial charge is 0.397 e. The van der Waals surface area contributed by atoms with E-state index in [1.165, 1.54) is 11.8 Å². The summed E-state index contributed by atoms with van der Waals surface area (Å²) < 4.78 is 12.9. The van der Waals surface area contributed by atoms with E-state index in [0.29, 0.717) is 47.2 Å². The molecule has 1 aliphatic rings. The second-order valence-corrected chi connectivity index (χ2v) is 12.4. The van der Waals surface area contributed by atoms with Gasteiger partial charge in [0.05, 0.1) is 30.2 Å². The quantitative estimate of drug-likeness (QED) is 0.0469. The number of hydrogen-bond donors (Lipinski definition) is 4. The highest BCUT2D eigenvalue weighted by Gasteiger charge is 2.32. The van der Waals surface area contributed by atoms with E-state index in [0.717, 1.165) is 42.4 Å². The van der Waals surface area contributed by atoms with Crippen molar-refractivity contribution in [3.8, 4) is 0 Å². The normalized spacial score (nSPS) is 17.6. The highest BCUT2D eigenvalue weighted by Crippen LogP contribution is 2.39. The Kier molecular flexibility index (Phi) is 12.7. The first-order valence-electron chi connectivity index (χ1n) is 15.9. The molecule has 0 bridgehead atoms. The van der Waals surface area contributed by atoms with Crippen LogP contribution in [0.1, 0.15) is 74.0 Å². The van der Waals surface area contributed by atoms with Crippen molar-refractivity contribution < 1.29 is 24.2 Å². The molecular weight excluding hydrogens is 614 g/mol. The number of carbonyl (C=O) groups excluding carboxylic acids is 2. The van der Waals surface area contributed by atoms with Crippen LogP contribution in [0.25, 0.3) is 0 Å². The summed E-state index contributed by atoms with van der Waals surface area (Å²) in [7, 11) is 0. The summed E-state index contributed by atoms with van der Waals surface area (Å²) in [5.41, 5.74) is 10.4. The Balaban J connectivity index is 1.11. The van der Waals surface area contributed by atoms with E-state index in [9.17, 15) is 14.7 Å². The third-order valence-electron chi connectivity index (χ3n) is 7.79. The lowest BCUT2D eigenvalue weighted by Crippen LogP contribution is -2.31. The van der Waals surface area contributed by atoms with Gasteiger partial charge in [-0.25, -0.2) is 9.97 Å². The van der Waals surface area contributed by atoms with Gasteiger partial charge in [0.2, 0.25) is 11.8 Å². The molecule has 1 fully saturated rings. The zero-order chi connectivity index (χ0) is 32.8. The van der Waals surface area contributed by atoms with Crippen LogP contribution in [0.5, 0.6) is 0 Å². The standard InChI is InChI=1S/C36H41N5O5S/c37-30-11-5-6-12-31(30)41-34(44)14-4-2-1-3-13-33(43)40-28-10-7-9-27(21-28)35-45-29(24-47-36-38-19-8-20-39-36)22-32(46-35)26-17-15-25(23-42)16-18-26/h5-12,15-21,29,32,35,42H,1-4,13-14,22-24,37H2,(H,40,43)(H,41,44)/t29-,32+,35+/m1/s1. The van der Waals surface area contributed by atoms with Crippen molar-refractivity contribution in [2.75, 3.05) is 22.1 Å². The average Bonchev–Trinajstić information content (AvgIpc) is 3.10. The first-order valence-corrected chi connectivity index (χ1v) is 16.9. The number of aromatic nitrogens is 2. The predicted octanol–water partition coefficient (Wildman–Crippen LogP) is 6.81. The molecule has 1 aliphatic heterocycles. The summed E-state index contributed by atoms with van der Waals surface area (Å²) in [6.45, 7) is -0.0173. The number of carbonyl (C=O) groups is 2. The maximum Gasteiger partial charge on any atom is 0.224 e. The number of anilines is 3. The van der Waals surface area contributed by atoms with E-state index in [1.807, 2.05) is 60.7 Å². The van der Waals surface area contributed by atoms with Gasteiger partial charge in [-0.05, 0) is 54.3 Å². The van der Waals surface area contributed by atoms with Gasteiger partial charge in [-0.3, -0.25) is 9.59 Å². The van der Waals surface area contributed by atoms with Gasteiger partial charge < -0.3 is 30.9 Å². The number of nitrogen functional groups attached to an aromatic ring is 1. The Morgan fingerprint density at radius 2 is 1.55 bits per heavy atom. The molecule has 3 aromatic carbocycles. The minimum atomic E-state index is -0.638. The van der Waals surface area contributed by atoms with Crippen molar-refractivity contribution in [1.29, 1.82) is 0 Å². The molecule has 0 spiro atoms. The molecule has 11 heteroatoms. The van der Waals surface area contributed by atoms with Crippen LogP contribution in [0.3, 0.4) is 0 Å². The molecular formula is C36H41N5O5S. The summed E-state index contributed by atoms with van der Waals surface area (Å²) in [5.74, 6) is 0.522. The van der Waals surface area contributed by atoms with Crippen LogP contribution in [0.15, 0.2) is 96.4 Å². The Morgan fingerprint density at radius 1 is 0.830 bits per heavy atom. The van der Waals surface area contributed by atoms with Crippen LogP contribution in [0.2, 0.25) is 0 Å². The number of aliphatic hydroxyl groups excluding tert-OH is 1. The summed E-state index contributed by atoms with van der Waals surface area (Å²) >= 11 is 1.54. The molecule has 0 saturated carbocycles. The SMILES string of the molecule is Nc1ccccc1NC(=O)CCCCCCC(=O)Nc1cccc([C@H]2O[C@@H](CSc3ncccn3)C[C@@H](c3ccc(CO)cc3)O2)c1. The maximum absolute atomic E-state index is 12.8. The number of rotatable bonds is 15. The monoisotopic (exact) mass is 655 g/mol. The van der Waals surface area contributed by atoms with Crippen molar-refractivity contribution in [3.05, 3.63) is 108 Å². The zero-order valence-electron chi connectivity index (χ0n) is 26.2. The Bertz CT molecular complexity index is 1590. The van der Waals surface area contributed by atoms with Gasteiger partial charge in [-0.2, -0.15) is 0 Å². The number of nitrogens with two attached hydrogens (primary N) is 1. The van der Waals surface area contributed by atoms with Gasteiger partial charge >= 0.3 is 0 Å². The first kappa shape index (κ1) is 34.1. The van der Waals surface area contributed by atoms with Crippen molar-refractivity contribution in [2.45, 2.75) is 75.2 Å². The number of thioether (sulfide) groups is 1. The number of amides is 2. The second-order valence-electron chi connectivity index (χ2n) is 11.4. The predicted molar refractivity (Wildman–Crippen MR) is 183 cm³/mol. The molecule has 0 aliphatic carbocycles. The second kappa shape index (κ2) is 17.6. The number of nitrogens with zero attached hydrogens (tertiary/aromatic N) is 2. The first-order chi connectivity index (χ1) is 23.0. The highest BCUT2D eigenvalue weighted by atomic mass is 32.2. The molecule has 0 unspecified atom stereocenters. The minimum Gasteiger partial charge on any atom is -0.397 e. The van der Waals surface area contributed by atoms with Crippen molar-refractivity contribution >= 4 is 40.6 Å². The number of ether oxygens (including phenoxy) is 2. The van der Waals surface area contributed by atoms with Crippen LogP contribution in [0.4, 0.5) is 17.1 Å². The minimum absolute atomic E-state index is 0.0173. The van der Waals surface area contributed by atoms with Crippen LogP contribution in [-0.4, -0.2) is 38.7 Å². The number of aliphatic hydroxyl groups is 1. The zero-order valence-corrected chi connectivity index (χ0v) is 27.0. The summed E-state index contributed by atoms with van der Waals surface area (Å²) in [6, 6.07) is 24.3. The lowest BCUT2D eigenvalue weighted by atomic mass is 10.0. The van der Waals surface area contributed by atoms with E-state index in [2.05, 4.69) is 20.6 Å². The third-order valence-corrected chi connectivity index (χ3v) is 8.80. The molecule has 4 aromatic rings. The van der Waals surface area contributed by atoms with Crippen molar-refractivity contribution in [3.63, 3.8) is 0 Å². The molecule has 0 radical (unpaired) electrons. The number of unbranched alkanes of at least 4 members (excludes halogenated alkanes) is 3. The number of benzene rings is 3. The molecule has 1 saturated heterocycles. The van der Waals surface area contributed by atoms with Gasteiger partial charge in [0.1, 0.15) is 0 Å². The van der Waals surface area contributed by atoms with Gasteiger partial charge in [0.25, 0.3) is 0 Å². The topological polar surface area (TPSA) is 149 Å². The molecule has 2 heterocycles. The van der Waals surface area contributed by atoms with Gasteiger partial charge in [0.15, 0.2) is 11.4 Å². The van der Waals surface area contributed by atoms with Crippen molar-refractivity contribution in [1.82, 2.24) is 9.97 Å². The summed E-state index contributed by atoms with van der Waals surface area (Å²) in [6.07, 6.45) is 7.09. The van der Waals surface area contributed by atoms with E-state index in [1.54, 1.807) is 30.6 Å². The fraction of sp³-hybridized carbons (Fsp3) is 0.333. The fourth-order valence-electron chi connectivity index (χ4n) is 5.28. The van der Waals surface area contributed by atoms with Crippen LogP contribution in [-0.2, 0) is 25.7 Å². The fourth-order valence-corrected chi connectivity index (χ4v) is 6.11. The molecule has 5 rings (SSSR count). The molecule has 5 N–H and O–H groups in total. The lowest BCUT2D eigenvalue weighted by molar-refractivity contribution is -0.245. The maximum atomic E-state index is 12.8. The Hall–Kier alpha value is -4.29. The average molecular weight is 656 g/mol. The van der Waals surface area contributed by atoms with Crippen LogP contribution in [0, 0.1) is 0 Å². The number of para-hydroxylation sites is 2. The van der Waals surface area contributed by atoms with E-state index in [-0.39, 0.29) is 30.6 Å². The summed E-state index contributed by atoms with van der Waals surface area (Å²) in [5, 5.41) is 16.0. The molecule has 2 amide bonds. The Labute approximate surface area is 279 Å². The van der Waals surface area contributed by atoms with E-state index < -0.39 is 6.29 Å². The smallest absolute Gasteiger partial charge is 0.224 e. The number of nitrogens with one attached hydrogen (secondary N) is 2. The van der Waals surface area contributed by atoms with Gasteiger partial charge in [-0.1, -0.05) is 73.1 Å². The van der Waals surface area contributed by atoms with Gasteiger partial charge in [0, 0.05) is 48.7 Å². The van der Waals surface area contributed by atoms with E-state index in [4.69, 9.17) is 15.2 Å².